The number of aromatic nitrogens is 1. The molecule has 152 valence electrons. The van der Waals surface area contributed by atoms with E-state index in [9.17, 15) is 9.18 Å². The summed E-state index contributed by atoms with van der Waals surface area (Å²) < 4.78 is 18.7. The molecule has 0 aliphatic carbocycles. The van der Waals surface area contributed by atoms with Crippen molar-refractivity contribution in [3.63, 3.8) is 0 Å². The van der Waals surface area contributed by atoms with Gasteiger partial charge < -0.3 is 9.73 Å². The lowest BCUT2D eigenvalue weighted by Gasteiger charge is -2.25. The molecule has 0 aliphatic rings. The summed E-state index contributed by atoms with van der Waals surface area (Å²) in [4.78, 5) is 19.0. The summed E-state index contributed by atoms with van der Waals surface area (Å²) in [5.74, 6) is -0.0535. The topological polar surface area (TPSA) is 58.4 Å². The zero-order valence-corrected chi connectivity index (χ0v) is 16.9. The van der Waals surface area contributed by atoms with Gasteiger partial charge in [0.2, 0.25) is 5.89 Å². The molecule has 1 atom stereocenters. The van der Waals surface area contributed by atoms with Crippen molar-refractivity contribution in [1.82, 2.24) is 15.2 Å². The van der Waals surface area contributed by atoms with Crippen LogP contribution in [0.25, 0.3) is 0 Å². The lowest BCUT2D eigenvalue weighted by Crippen LogP contribution is -2.30. The van der Waals surface area contributed by atoms with Crippen LogP contribution >= 0.6 is 0 Å². The van der Waals surface area contributed by atoms with Gasteiger partial charge in [-0.2, -0.15) is 0 Å². The summed E-state index contributed by atoms with van der Waals surface area (Å²) in [7, 11) is 0. The highest BCUT2D eigenvalue weighted by atomic mass is 19.1. The number of nitrogens with one attached hydrogen (secondary N) is 1. The number of oxazole rings is 1. The summed E-state index contributed by atoms with van der Waals surface area (Å²) in [5, 5.41) is 2.94. The Labute approximate surface area is 170 Å². The minimum atomic E-state index is -0.272. The van der Waals surface area contributed by atoms with Crippen LogP contribution in [-0.2, 0) is 13.1 Å². The molecule has 0 saturated carbocycles. The highest BCUT2D eigenvalue weighted by Crippen LogP contribution is 2.15. The van der Waals surface area contributed by atoms with Crippen LogP contribution in [0.2, 0.25) is 0 Å². The van der Waals surface area contributed by atoms with Gasteiger partial charge in [-0.1, -0.05) is 42.5 Å². The van der Waals surface area contributed by atoms with Gasteiger partial charge in [-0.25, -0.2) is 9.37 Å². The van der Waals surface area contributed by atoms with E-state index in [1.807, 2.05) is 37.3 Å². The van der Waals surface area contributed by atoms with E-state index in [1.54, 1.807) is 12.1 Å². The van der Waals surface area contributed by atoms with Gasteiger partial charge in [-0.05, 0) is 44.0 Å². The average Bonchev–Trinajstić information content (AvgIpc) is 3.18. The molecular weight excluding hydrogens is 369 g/mol. The maximum atomic E-state index is 13.1. The van der Waals surface area contributed by atoms with E-state index in [-0.39, 0.29) is 29.5 Å². The van der Waals surface area contributed by atoms with Gasteiger partial charge in [0.15, 0.2) is 5.69 Å². The zero-order chi connectivity index (χ0) is 20.8. The van der Waals surface area contributed by atoms with E-state index in [4.69, 9.17) is 4.42 Å². The quantitative estimate of drug-likeness (QED) is 0.600. The van der Waals surface area contributed by atoms with Crippen LogP contribution in [0.4, 0.5) is 4.39 Å². The first-order valence-corrected chi connectivity index (χ1v) is 9.71. The third-order valence-corrected chi connectivity index (χ3v) is 4.80. The molecule has 0 bridgehead atoms. The maximum Gasteiger partial charge on any atom is 0.273 e. The predicted octanol–water partition coefficient (Wildman–Crippen LogP) is 4.72. The fraction of sp³-hybridized carbons (Fsp3) is 0.304. The highest BCUT2D eigenvalue weighted by Gasteiger charge is 2.18. The van der Waals surface area contributed by atoms with E-state index in [2.05, 4.69) is 29.0 Å². The van der Waals surface area contributed by atoms with Crippen LogP contribution in [0.15, 0.2) is 65.3 Å². The van der Waals surface area contributed by atoms with Gasteiger partial charge in [0.25, 0.3) is 5.91 Å². The molecule has 1 aromatic heterocycles. The first-order valence-electron chi connectivity index (χ1n) is 9.71. The number of carbonyl (C=O) groups excluding carboxylic acids is 1. The van der Waals surface area contributed by atoms with Crippen LogP contribution in [0, 0.1) is 5.82 Å². The average molecular weight is 395 g/mol. The van der Waals surface area contributed by atoms with Crippen molar-refractivity contribution in [3.05, 3.63) is 89.4 Å². The Bertz CT molecular complexity index is 923. The van der Waals surface area contributed by atoms with Crippen LogP contribution in [0.5, 0.6) is 0 Å². The first kappa shape index (κ1) is 20.7. The van der Waals surface area contributed by atoms with E-state index in [0.717, 1.165) is 11.1 Å². The third kappa shape index (κ3) is 5.74. The Morgan fingerprint density at radius 3 is 2.41 bits per heavy atom. The molecule has 1 N–H and O–H groups in total. The van der Waals surface area contributed by atoms with Crippen molar-refractivity contribution in [3.8, 4) is 0 Å². The molecule has 6 heteroatoms. The lowest BCUT2D eigenvalue weighted by atomic mass is 10.1. The maximum absolute atomic E-state index is 13.1. The summed E-state index contributed by atoms with van der Waals surface area (Å²) >= 11 is 0. The Balaban J connectivity index is 1.63. The fourth-order valence-electron chi connectivity index (χ4n) is 3.00. The number of nitrogens with zero attached hydrogens (tertiary/aromatic N) is 2. The Kier molecular flexibility index (Phi) is 6.77. The SMILES string of the molecule is CC(C)N(Cc1ccc(F)cc1)Cc1nc(C(=O)N[C@H](C)c2ccccc2)co1. The number of benzene rings is 2. The number of carbonyl (C=O) groups is 1. The zero-order valence-electron chi connectivity index (χ0n) is 16.9. The van der Waals surface area contributed by atoms with Crippen molar-refractivity contribution >= 4 is 5.91 Å². The summed E-state index contributed by atoms with van der Waals surface area (Å²) in [5.41, 5.74) is 2.28. The number of amides is 1. The predicted molar refractivity (Wildman–Crippen MR) is 110 cm³/mol. The van der Waals surface area contributed by atoms with Crippen LogP contribution < -0.4 is 5.32 Å². The standard InChI is InChI=1S/C23H26FN3O2/c1-16(2)27(13-18-9-11-20(24)12-10-18)14-22-26-21(15-29-22)23(28)25-17(3)19-7-5-4-6-8-19/h4-12,15-17H,13-14H2,1-3H3,(H,25,28)/t17-/m1/s1. The summed E-state index contributed by atoms with van der Waals surface area (Å²) in [6.07, 6.45) is 1.39. The Hall–Kier alpha value is -2.99. The molecule has 3 rings (SSSR count). The monoisotopic (exact) mass is 395 g/mol. The minimum Gasteiger partial charge on any atom is -0.447 e. The second kappa shape index (κ2) is 9.47. The van der Waals surface area contributed by atoms with Crippen molar-refractivity contribution in [2.24, 2.45) is 0 Å². The van der Waals surface area contributed by atoms with Gasteiger partial charge in [-0.15, -0.1) is 0 Å². The fourth-order valence-corrected chi connectivity index (χ4v) is 3.00. The Morgan fingerprint density at radius 1 is 1.07 bits per heavy atom. The molecule has 29 heavy (non-hydrogen) atoms. The molecule has 0 spiro atoms. The first-order chi connectivity index (χ1) is 13.9. The van der Waals surface area contributed by atoms with Crippen molar-refractivity contribution in [2.45, 2.75) is 45.9 Å². The van der Waals surface area contributed by atoms with Crippen molar-refractivity contribution in [2.75, 3.05) is 0 Å². The van der Waals surface area contributed by atoms with Gasteiger partial charge >= 0.3 is 0 Å². The number of hydrogen-bond donors (Lipinski definition) is 1. The van der Waals surface area contributed by atoms with E-state index in [0.29, 0.717) is 19.0 Å². The van der Waals surface area contributed by atoms with Gasteiger partial charge in [-0.3, -0.25) is 9.69 Å². The number of halogens is 1. The lowest BCUT2D eigenvalue weighted by molar-refractivity contribution is 0.0934. The van der Waals surface area contributed by atoms with E-state index < -0.39 is 0 Å². The molecular formula is C23H26FN3O2. The number of hydrogen-bond acceptors (Lipinski definition) is 4. The molecule has 1 heterocycles. The van der Waals surface area contributed by atoms with Gasteiger partial charge in [0.1, 0.15) is 12.1 Å². The largest absolute Gasteiger partial charge is 0.447 e. The number of rotatable bonds is 8. The molecule has 0 radical (unpaired) electrons. The summed E-state index contributed by atoms with van der Waals surface area (Å²) in [6, 6.07) is 16.3. The van der Waals surface area contributed by atoms with Crippen molar-refractivity contribution in [1.29, 1.82) is 0 Å². The van der Waals surface area contributed by atoms with Crippen LogP contribution in [0.3, 0.4) is 0 Å². The molecule has 0 unspecified atom stereocenters. The summed E-state index contributed by atoms with van der Waals surface area (Å²) in [6.45, 7) is 7.16. The van der Waals surface area contributed by atoms with Crippen LogP contribution in [-0.4, -0.2) is 21.8 Å². The molecule has 0 aliphatic heterocycles. The highest BCUT2D eigenvalue weighted by molar-refractivity contribution is 5.92. The van der Waals surface area contributed by atoms with Crippen LogP contribution in [0.1, 0.15) is 54.3 Å². The van der Waals surface area contributed by atoms with Crippen molar-refractivity contribution < 1.29 is 13.6 Å². The molecule has 0 fully saturated rings. The van der Waals surface area contributed by atoms with Gasteiger partial charge in [0, 0.05) is 12.6 Å². The van der Waals surface area contributed by atoms with E-state index in [1.165, 1.54) is 18.4 Å². The third-order valence-electron chi connectivity index (χ3n) is 4.80. The molecule has 1 amide bonds. The second-order valence-corrected chi connectivity index (χ2v) is 7.36. The van der Waals surface area contributed by atoms with E-state index >= 15 is 0 Å². The molecule has 3 aromatic rings. The molecule has 0 saturated heterocycles. The Morgan fingerprint density at radius 2 is 1.76 bits per heavy atom. The second-order valence-electron chi connectivity index (χ2n) is 7.36. The molecule has 5 nitrogen and oxygen atoms in total. The van der Waals surface area contributed by atoms with Gasteiger partial charge in [0.05, 0.1) is 12.6 Å². The molecule has 2 aromatic carbocycles. The normalized spacial score (nSPS) is 12.3. The minimum absolute atomic E-state index is 0.130. The smallest absolute Gasteiger partial charge is 0.273 e.